The predicted octanol–water partition coefficient (Wildman–Crippen LogP) is 5.14. The highest BCUT2D eigenvalue weighted by atomic mass is 32.2. The van der Waals surface area contributed by atoms with Gasteiger partial charge in [-0.05, 0) is 60.2 Å². The molecule has 1 saturated heterocycles. The van der Waals surface area contributed by atoms with Gasteiger partial charge in [0.15, 0.2) is 9.84 Å². The van der Waals surface area contributed by atoms with Crippen molar-refractivity contribution in [3.05, 3.63) is 89.0 Å². The molecule has 196 valence electrons. The number of ether oxygens (including phenoxy) is 1. The fourth-order valence-corrected chi connectivity index (χ4v) is 6.15. The molecule has 0 N–H and O–H groups in total. The number of hydrogen-bond donors (Lipinski definition) is 0. The number of methoxy groups -OCH3 is 1. The molecule has 7 heteroatoms. The summed E-state index contributed by atoms with van der Waals surface area (Å²) in [6.45, 7) is 8.63. The summed E-state index contributed by atoms with van der Waals surface area (Å²) in [6.07, 6.45) is 0.962. The first-order valence-electron chi connectivity index (χ1n) is 12.8. The van der Waals surface area contributed by atoms with E-state index >= 15 is 0 Å². The average Bonchev–Trinajstić information content (AvgIpc) is 2.89. The van der Waals surface area contributed by atoms with E-state index in [1.165, 1.54) is 5.56 Å². The smallest absolute Gasteiger partial charge is 0.254 e. The van der Waals surface area contributed by atoms with E-state index in [1.807, 2.05) is 55.5 Å². The minimum atomic E-state index is -3.60. The molecule has 3 aromatic rings. The monoisotopic (exact) mass is 520 g/mol. The number of rotatable bonds is 8. The van der Waals surface area contributed by atoms with Crippen LogP contribution in [0.1, 0.15) is 40.9 Å². The third-order valence-corrected chi connectivity index (χ3v) is 8.50. The normalized spacial score (nSPS) is 14.2. The number of benzene rings is 3. The number of piperazine rings is 1. The Morgan fingerprint density at radius 1 is 0.919 bits per heavy atom. The third-order valence-electron chi connectivity index (χ3n) is 6.81. The molecule has 6 nitrogen and oxygen atoms in total. The molecule has 1 aliphatic heterocycles. The van der Waals surface area contributed by atoms with Gasteiger partial charge in [-0.3, -0.25) is 4.79 Å². The molecular formula is C30H36N2O4S. The van der Waals surface area contributed by atoms with E-state index in [4.69, 9.17) is 4.74 Å². The number of hydrogen-bond acceptors (Lipinski definition) is 5. The lowest BCUT2D eigenvalue weighted by Crippen LogP contribution is -2.49. The fourth-order valence-electron chi connectivity index (χ4n) is 4.78. The highest BCUT2D eigenvalue weighted by Gasteiger charge is 2.26. The summed E-state index contributed by atoms with van der Waals surface area (Å²) in [4.78, 5) is 17.6. The van der Waals surface area contributed by atoms with Gasteiger partial charge in [-0.15, -0.1) is 0 Å². The van der Waals surface area contributed by atoms with E-state index in [9.17, 15) is 13.2 Å². The van der Waals surface area contributed by atoms with Gasteiger partial charge in [0.1, 0.15) is 5.75 Å². The van der Waals surface area contributed by atoms with Crippen LogP contribution < -0.4 is 9.64 Å². The van der Waals surface area contributed by atoms with Crippen LogP contribution in [0, 0.1) is 12.8 Å². The summed E-state index contributed by atoms with van der Waals surface area (Å²) < 4.78 is 32.0. The Morgan fingerprint density at radius 2 is 1.57 bits per heavy atom. The third kappa shape index (κ3) is 6.34. The molecular weight excluding hydrogens is 484 g/mol. The second kappa shape index (κ2) is 11.4. The molecule has 3 aromatic carbocycles. The Kier molecular flexibility index (Phi) is 8.22. The van der Waals surface area contributed by atoms with Crippen molar-refractivity contribution >= 4 is 21.4 Å². The Bertz CT molecular complexity index is 1340. The minimum absolute atomic E-state index is 0.0940. The molecule has 0 bridgehead atoms. The number of nitrogens with zero attached hydrogens (tertiary/aromatic N) is 2. The van der Waals surface area contributed by atoms with Crippen molar-refractivity contribution in [2.24, 2.45) is 5.92 Å². The van der Waals surface area contributed by atoms with Gasteiger partial charge in [0.25, 0.3) is 5.91 Å². The van der Waals surface area contributed by atoms with Crippen LogP contribution in [0.5, 0.6) is 5.75 Å². The fraction of sp³-hybridized carbons (Fsp3) is 0.367. The standard InChI is InChI=1S/C30H36N2O4S/c1-22(2)19-24-10-12-25(13-11-24)21-37(34,35)26-14-9-23(3)27(20-26)30(33)32-17-15-31(16-18-32)28-7-5-6-8-29(28)36-4/h5-14,20,22H,15-19,21H2,1-4H3. The summed E-state index contributed by atoms with van der Waals surface area (Å²) in [5, 5.41) is 0. The van der Waals surface area contributed by atoms with Crippen molar-refractivity contribution in [3.8, 4) is 5.75 Å². The lowest BCUT2D eigenvalue weighted by Gasteiger charge is -2.36. The molecule has 1 amide bonds. The number of para-hydroxylation sites is 2. The number of carbonyl (C=O) groups excluding carboxylic acids is 1. The van der Waals surface area contributed by atoms with E-state index in [0.717, 1.165) is 29.0 Å². The van der Waals surface area contributed by atoms with Gasteiger partial charge in [-0.25, -0.2) is 8.42 Å². The summed E-state index contributed by atoms with van der Waals surface area (Å²) in [5.41, 5.74) is 4.17. The van der Waals surface area contributed by atoms with E-state index in [1.54, 1.807) is 30.2 Å². The molecule has 0 aliphatic carbocycles. The summed E-state index contributed by atoms with van der Waals surface area (Å²) in [7, 11) is -1.94. The maximum absolute atomic E-state index is 13.4. The number of aryl methyl sites for hydroxylation is 1. The lowest BCUT2D eigenvalue weighted by atomic mass is 10.0. The zero-order valence-corrected chi connectivity index (χ0v) is 22.9. The molecule has 0 saturated carbocycles. The van der Waals surface area contributed by atoms with Crippen molar-refractivity contribution in [1.29, 1.82) is 0 Å². The van der Waals surface area contributed by atoms with E-state index in [0.29, 0.717) is 37.7 Å². The molecule has 0 unspecified atom stereocenters. The molecule has 1 fully saturated rings. The summed E-state index contributed by atoms with van der Waals surface area (Å²) in [5.74, 6) is 1.13. The predicted molar refractivity (Wildman–Crippen MR) is 148 cm³/mol. The van der Waals surface area contributed by atoms with Gasteiger partial charge in [0.05, 0.1) is 23.4 Å². The lowest BCUT2D eigenvalue weighted by molar-refractivity contribution is 0.0745. The van der Waals surface area contributed by atoms with Crippen LogP contribution in [0.25, 0.3) is 0 Å². The Labute approximate surface area is 220 Å². The number of carbonyl (C=O) groups is 1. The summed E-state index contributed by atoms with van der Waals surface area (Å²) in [6, 6.07) is 20.5. The maximum atomic E-state index is 13.4. The van der Waals surface area contributed by atoms with Gasteiger partial charge in [-0.1, -0.05) is 56.3 Å². The summed E-state index contributed by atoms with van der Waals surface area (Å²) >= 11 is 0. The van der Waals surface area contributed by atoms with Gasteiger partial charge < -0.3 is 14.5 Å². The second-order valence-corrected chi connectivity index (χ2v) is 12.1. The van der Waals surface area contributed by atoms with E-state index < -0.39 is 9.84 Å². The van der Waals surface area contributed by atoms with Crippen LogP contribution in [0.3, 0.4) is 0 Å². The van der Waals surface area contributed by atoms with Crippen molar-refractivity contribution < 1.29 is 17.9 Å². The molecule has 0 radical (unpaired) electrons. The van der Waals surface area contributed by atoms with Gasteiger partial charge >= 0.3 is 0 Å². The maximum Gasteiger partial charge on any atom is 0.254 e. The quantitative estimate of drug-likeness (QED) is 0.412. The molecule has 37 heavy (non-hydrogen) atoms. The van der Waals surface area contributed by atoms with E-state index in [-0.39, 0.29) is 16.6 Å². The van der Waals surface area contributed by atoms with Crippen LogP contribution in [0.4, 0.5) is 5.69 Å². The highest BCUT2D eigenvalue weighted by molar-refractivity contribution is 7.90. The first kappa shape index (κ1) is 26.7. The zero-order chi connectivity index (χ0) is 26.6. The van der Waals surface area contributed by atoms with Gasteiger partial charge in [0, 0.05) is 31.7 Å². The first-order chi connectivity index (χ1) is 17.7. The zero-order valence-electron chi connectivity index (χ0n) is 22.1. The SMILES string of the molecule is COc1ccccc1N1CCN(C(=O)c2cc(S(=O)(=O)Cc3ccc(CC(C)C)cc3)ccc2C)CC1. The van der Waals surface area contributed by atoms with E-state index in [2.05, 4.69) is 18.7 Å². The Morgan fingerprint density at radius 3 is 2.22 bits per heavy atom. The highest BCUT2D eigenvalue weighted by Crippen LogP contribution is 2.29. The molecule has 0 aromatic heterocycles. The Hall–Kier alpha value is -3.32. The number of anilines is 1. The van der Waals surface area contributed by atoms with Crippen molar-refractivity contribution in [1.82, 2.24) is 4.90 Å². The second-order valence-electron chi connectivity index (χ2n) is 10.1. The van der Waals surface area contributed by atoms with Crippen LogP contribution in [0.2, 0.25) is 0 Å². The van der Waals surface area contributed by atoms with Crippen LogP contribution >= 0.6 is 0 Å². The number of amides is 1. The largest absolute Gasteiger partial charge is 0.495 e. The molecule has 0 atom stereocenters. The minimum Gasteiger partial charge on any atom is -0.495 e. The molecule has 1 aliphatic rings. The topological polar surface area (TPSA) is 66.9 Å². The molecule has 4 rings (SSSR count). The molecule has 0 spiro atoms. The van der Waals surface area contributed by atoms with Crippen LogP contribution in [-0.2, 0) is 22.0 Å². The van der Waals surface area contributed by atoms with Crippen molar-refractivity contribution in [2.75, 3.05) is 38.2 Å². The average molecular weight is 521 g/mol. The van der Waals surface area contributed by atoms with Crippen LogP contribution in [-0.4, -0.2) is 52.5 Å². The van der Waals surface area contributed by atoms with Gasteiger partial charge in [-0.2, -0.15) is 0 Å². The van der Waals surface area contributed by atoms with Gasteiger partial charge in [0.2, 0.25) is 0 Å². The number of sulfone groups is 1. The molecule has 1 heterocycles. The van der Waals surface area contributed by atoms with Crippen LogP contribution in [0.15, 0.2) is 71.6 Å². The first-order valence-corrected chi connectivity index (χ1v) is 14.4. The van der Waals surface area contributed by atoms with Crippen molar-refractivity contribution in [3.63, 3.8) is 0 Å². The van der Waals surface area contributed by atoms with Crippen molar-refractivity contribution in [2.45, 2.75) is 37.8 Å². The Balaban J connectivity index is 1.46.